The molecule has 0 aliphatic heterocycles. The summed E-state index contributed by atoms with van der Waals surface area (Å²) in [7, 11) is 0. The average molecular weight is 369 g/mol. The molecule has 3 rings (SSSR count). The van der Waals surface area contributed by atoms with Gasteiger partial charge in [0.25, 0.3) is 0 Å². The Morgan fingerprint density at radius 2 is 2.00 bits per heavy atom. The number of nitrogens with zero attached hydrogens (tertiary/aromatic N) is 3. The van der Waals surface area contributed by atoms with Crippen LogP contribution >= 0.6 is 0 Å². The lowest BCUT2D eigenvalue weighted by Gasteiger charge is -2.08. The first-order valence-electron chi connectivity index (χ1n) is 8.63. The van der Waals surface area contributed by atoms with Gasteiger partial charge >= 0.3 is 0 Å². The second-order valence-electron chi connectivity index (χ2n) is 6.62. The van der Waals surface area contributed by atoms with Gasteiger partial charge in [-0.1, -0.05) is 19.0 Å². The number of ketones is 1. The smallest absolute Gasteiger partial charge is 0.181 e. The third-order valence-corrected chi connectivity index (χ3v) is 3.95. The molecule has 7 heteroatoms. The van der Waals surface area contributed by atoms with Crippen molar-refractivity contribution in [1.29, 1.82) is 0 Å². The molecule has 0 bridgehead atoms. The Bertz CT molecular complexity index is 919. The van der Waals surface area contributed by atoms with Crippen LogP contribution in [0.5, 0.6) is 5.75 Å². The SMILES string of the molecule is Cc1onc(-c2ccc(F)cn2)c1COc1ccc(C(=O)CC(C)C)nc1. The average Bonchev–Trinajstić information content (AvgIpc) is 3.01. The van der Waals surface area contributed by atoms with Gasteiger partial charge in [-0.25, -0.2) is 9.37 Å². The maximum Gasteiger partial charge on any atom is 0.181 e. The van der Waals surface area contributed by atoms with Gasteiger partial charge in [0.05, 0.1) is 23.7 Å². The molecule has 0 radical (unpaired) electrons. The molecule has 0 saturated heterocycles. The van der Waals surface area contributed by atoms with Crippen LogP contribution in [0.4, 0.5) is 4.39 Å². The van der Waals surface area contributed by atoms with E-state index in [-0.39, 0.29) is 18.3 Å². The summed E-state index contributed by atoms with van der Waals surface area (Å²) in [6, 6.07) is 6.21. The second kappa shape index (κ2) is 8.07. The number of aromatic nitrogens is 3. The van der Waals surface area contributed by atoms with E-state index in [1.807, 2.05) is 13.8 Å². The first kappa shape index (κ1) is 18.7. The number of rotatable bonds is 7. The fraction of sp³-hybridized carbons (Fsp3) is 0.300. The third-order valence-electron chi connectivity index (χ3n) is 3.95. The molecule has 0 aliphatic carbocycles. The van der Waals surface area contributed by atoms with Crippen LogP contribution in [-0.2, 0) is 6.61 Å². The van der Waals surface area contributed by atoms with Gasteiger partial charge in [0.1, 0.15) is 35.3 Å². The van der Waals surface area contributed by atoms with Crippen molar-refractivity contribution < 1.29 is 18.4 Å². The molecule has 0 spiro atoms. The molecular formula is C20H20FN3O3. The summed E-state index contributed by atoms with van der Waals surface area (Å²) in [4.78, 5) is 20.2. The van der Waals surface area contributed by atoms with E-state index in [0.717, 1.165) is 6.20 Å². The van der Waals surface area contributed by atoms with Crippen LogP contribution in [0.3, 0.4) is 0 Å². The van der Waals surface area contributed by atoms with Crippen LogP contribution in [0, 0.1) is 18.7 Å². The monoisotopic (exact) mass is 369 g/mol. The number of pyridine rings is 2. The minimum Gasteiger partial charge on any atom is -0.487 e. The van der Waals surface area contributed by atoms with Gasteiger partial charge < -0.3 is 9.26 Å². The van der Waals surface area contributed by atoms with Gasteiger partial charge in [0.2, 0.25) is 0 Å². The number of Topliss-reactive ketones (excluding diaryl/α,β-unsaturated/α-hetero) is 1. The molecular weight excluding hydrogens is 349 g/mol. The summed E-state index contributed by atoms with van der Waals surface area (Å²) in [6.45, 7) is 5.93. The van der Waals surface area contributed by atoms with E-state index in [4.69, 9.17) is 9.26 Å². The van der Waals surface area contributed by atoms with E-state index >= 15 is 0 Å². The summed E-state index contributed by atoms with van der Waals surface area (Å²) < 4.78 is 24.1. The molecule has 27 heavy (non-hydrogen) atoms. The van der Waals surface area contributed by atoms with Crippen molar-refractivity contribution >= 4 is 5.78 Å². The fourth-order valence-corrected chi connectivity index (χ4v) is 2.54. The molecule has 3 heterocycles. The second-order valence-corrected chi connectivity index (χ2v) is 6.62. The van der Waals surface area contributed by atoms with E-state index < -0.39 is 5.82 Å². The van der Waals surface area contributed by atoms with Crippen LogP contribution in [-0.4, -0.2) is 20.9 Å². The van der Waals surface area contributed by atoms with Crippen LogP contribution in [0.25, 0.3) is 11.4 Å². The Morgan fingerprint density at radius 3 is 2.63 bits per heavy atom. The molecule has 3 aromatic rings. The molecule has 3 aromatic heterocycles. The van der Waals surface area contributed by atoms with Crippen LogP contribution in [0.15, 0.2) is 41.2 Å². The third kappa shape index (κ3) is 4.55. The number of carbonyl (C=O) groups is 1. The lowest BCUT2D eigenvalue weighted by atomic mass is 10.1. The summed E-state index contributed by atoms with van der Waals surface area (Å²) in [6.07, 6.45) is 3.11. The number of halogens is 1. The molecule has 6 nitrogen and oxygen atoms in total. The zero-order valence-electron chi connectivity index (χ0n) is 15.4. The van der Waals surface area contributed by atoms with Gasteiger partial charge in [-0.05, 0) is 37.1 Å². The van der Waals surface area contributed by atoms with Crippen molar-refractivity contribution in [2.75, 3.05) is 0 Å². The number of carbonyl (C=O) groups excluding carboxylic acids is 1. The van der Waals surface area contributed by atoms with Crippen LogP contribution < -0.4 is 4.74 Å². The van der Waals surface area contributed by atoms with Crippen molar-refractivity contribution in [3.63, 3.8) is 0 Å². The van der Waals surface area contributed by atoms with E-state index in [2.05, 4.69) is 15.1 Å². The highest BCUT2D eigenvalue weighted by Crippen LogP contribution is 2.25. The van der Waals surface area contributed by atoms with Gasteiger partial charge in [-0.15, -0.1) is 0 Å². The van der Waals surface area contributed by atoms with Gasteiger partial charge in [-0.3, -0.25) is 9.78 Å². The lowest BCUT2D eigenvalue weighted by molar-refractivity contribution is 0.0963. The molecule has 0 unspecified atom stereocenters. The zero-order valence-corrected chi connectivity index (χ0v) is 15.4. The Hall–Kier alpha value is -3.09. The first-order valence-corrected chi connectivity index (χ1v) is 8.63. The van der Waals surface area contributed by atoms with Crippen LogP contribution in [0.2, 0.25) is 0 Å². The molecule has 140 valence electrons. The predicted molar refractivity (Wildman–Crippen MR) is 96.8 cm³/mol. The molecule has 0 aliphatic rings. The molecule has 0 saturated carbocycles. The summed E-state index contributed by atoms with van der Waals surface area (Å²) in [5, 5.41) is 3.99. The highest BCUT2D eigenvalue weighted by atomic mass is 19.1. The molecule has 0 atom stereocenters. The van der Waals surface area contributed by atoms with Crippen molar-refractivity contribution in [3.8, 4) is 17.1 Å². The van der Waals surface area contributed by atoms with Gasteiger partial charge in [0, 0.05) is 6.42 Å². The van der Waals surface area contributed by atoms with Crippen molar-refractivity contribution in [1.82, 2.24) is 15.1 Å². The van der Waals surface area contributed by atoms with E-state index in [0.29, 0.717) is 40.6 Å². The van der Waals surface area contributed by atoms with Crippen molar-refractivity contribution in [2.45, 2.75) is 33.8 Å². The normalized spacial score (nSPS) is 11.0. The minimum absolute atomic E-state index is 0.0103. The minimum atomic E-state index is -0.421. The van der Waals surface area contributed by atoms with E-state index in [1.165, 1.54) is 18.3 Å². The molecule has 0 amide bonds. The number of hydrogen-bond donors (Lipinski definition) is 0. The number of aryl methyl sites for hydroxylation is 1. The fourth-order valence-electron chi connectivity index (χ4n) is 2.54. The van der Waals surface area contributed by atoms with Crippen molar-refractivity contribution in [3.05, 3.63) is 59.5 Å². The van der Waals surface area contributed by atoms with Gasteiger partial charge in [0.15, 0.2) is 5.78 Å². The predicted octanol–water partition coefficient (Wildman–Crippen LogP) is 4.39. The Labute approximate surface area is 156 Å². The first-order chi connectivity index (χ1) is 12.9. The quantitative estimate of drug-likeness (QED) is 0.575. The summed E-state index contributed by atoms with van der Waals surface area (Å²) in [5.41, 5.74) is 2.14. The molecule has 0 aromatic carbocycles. The topological polar surface area (TPSA) is 78.1 Å². The van der Waals surface area contributed by atoms with E-state index in [1.54, 1.807) is 19.1 Å². The zero-order chi connectivity index (χ0) is 19.4. The molecule has 0 fully saturated rings. The summed E-state index contributed by atoms with van der Waals surface area (Å²) in [5.74, 6) is 0.985. The van der Waals surface area contributed by atoms with Crippen molar-refractivity contribution in [2.24, 2.45) is 5.92 Å². The van der Waals surface area contributed by atoms with E-state index in [9.17, 15) is 9.18 Å². The Kier molecular flexibility index (Phi) is 5.59. The number of hydrogen-bond acceptors (Lipinski definition) is 6. The standard InChI is InChI=1S/C20H20FN3O3/c1-12(2)8-19(25)17-7-5-15(10-23-17)26-11-16-13(3)27-24-20(16)18-6-4-14(21)9-22-18/h4-7,9-10,12H,8,11H2,1-3H3. The largest absolute Gasteiger partial charge is 0.487 e. The highest BCUT2D eigenvalue weighted by molar-refractivity contribution is 5.94. The maximum absolute atomic E-state index is 13.1. The lowest BCUT2D eigenvalue weighted by Crippen LogP contribution is -2.06. The highest BCUT2D eigenvalue weighted by Gasteiger charge is 2.17. The van der Waals surface area contributed by atoms with Crippen LogP contribution in [0.1, 0.15) is 42.1 Å². The Balaban J connectivity index is 1.71. The Morgan fingerprint density at radius 1 is 1.19 bits per heavy atom. The summed E-state index contributed by atoms with van der Waals surface area (Å²) >= 11 is 0. The maximum atomic E-state index is 13.1. The van der Waals surface area contributed by atoms with Gasteiger partial charge in [-0.2, -0.15) is 0 Å². The number of ether oxygens (including phenoxy) is 1. The molecule has 0 N–H and O–H groups in total.